The molecule has 0 radical (unpaired) electrons. The number of rotatable bonds is 6. The standard InChI is InChI=1S/C16H30N2O2/c1-11(2)10-15(16(19)20)18-14-8-5-6-12(14)13-7-3-4-9-17-13/h11-15,17-18H,3-10H2,1-2H3,(H,19,20). The molecule has 1 aliphatic heterocycles. The maximum atomic E-state index is 11.4. The Balaban J connectivity index is 1.93. The molecule has 4 nitrogen and oxygen atoms in total. The maximum Gasteiger partial charge on any atom is 0.320 e. The fourth-order valence-corrected chi connectivity index (χ4v) is 3.89. The Labute approximate surface area is 122 Å². The van der Waals surface area contributed by atoms with Crippen LogP contribution in [0.3, 0.4) is 0 Å². The number of hydrogen-bond donors (Lipinski definition) is 3. The van der Waals surface area contributed by atoms with Gasteiger partial charge in [-0.15, -0.1) is 0 Å². The van der Waals surface area contributed by atoms with E-state index < -0.39 is 5.97 Å². The first-order valence-corrected chi connectivity index (χ1v) is 8.30. The molecule has 0 bridgehead atoms. The Morgan fingerprint density at radius 3 is 2.65 bits per heavy atom. The SMILES string of the molecule is CC(C)CC(NC1CCCC1C1CCCCN1)C(=O)O. The monoisotopic (exact) mass is 282 g/mol. The van der Waals surface area contributed by atoms with E-state index in [0.29, 0.717) is 23.9 Å². The zero-order valence-electron chi connectivity index (χ0n) is 12.9. The van der Waals surface area contributed by atoms with Crippen LogP contribution >= 0.6 is 0 Å². The van der Waals surface area contributed by atoms with Crippen LogP contribution in [0.15, 0.2) is 0 Å². The highest BCUT2D eigenvalue weighted by atomic mass is 16.4. The summed E-state index contributed by atoms with van der Waals surface area (Å²) in [5.74, 6) is 0.335. The molecule has 0 aromatic rings. The molecular weight excluding hydrogens is 252 g/mol. The number of piperidine rings is 1. The summed E-state index contributed by atoms with van der Waals surface area (Å²) in [6.45, 7) is 5.31. The van der Waals surface area contributed by atoms with E-state index in [1.54, 1.807) is 0 Å². The summed E-state index contributed by atoms with van der Waals surface area (Å²) in [5, 5.41) is 16.5. The number of nitrogens with one attached hydrogen (secondary N) is 2. The van der Waals surface area contributed by atoms with Crippen LogP contribution < -0.4 is 10.6 Å². The van der Waals surface area contributed by atoms with E-state index in [9.17, 15) is 9.90 Å². The quantitative estimate of drug-likeness (QED) is 0.700. The van der Waals surface area contributed by atoms with Crippen molar-refractivity contribution in [3.63, 3.8) is 0 Å². The van der Waals surface area contributed by atoms with Crippen LogP contribution in [0.1, 0.15) is 58.8 Å². The molecule has 3 N–H and O–H groups in total. The van der Waals surface area contributed by atoms with Crippen molar-refractivity contribution < 1.29 is 9.90 Å². The number of hydrogen-bond acceptors (Lipinski definition) is 3. The van der Waals surface area contributed by atoms with Crippen molar-refractivity contribution in [1.82, 2.24) is 10.6 Å². The van der Waals surface area contributed by atoms with Gasteiger partial charge in [-0.2, -0.15) is 0 Å². The molecule has 2 aliphatic rings. The summed E-state index contributed by atoms with van der Waals surface area (Å²) in [6, 6.07) is 0.590. The predicted octanol–water partition coefficient (Wildman–Crippen LogP) is 2.39. The van der Waals surface area contributed by atoms with Gasteiger partial charge in [-0.25, -0.2) is 0 Å². The van der Waals surface area contributed by atoms with Crippen LogP contribution in [0, 0.1) is 11.8 Å². The number of carbonyl (C=O) groups is 1. The zero-order chi connectivity index (χ0) is 14.5. The summed E-state index contributed by atoms with van der Waals surface area (Å²) in [5.41, 5.74) is 0. The molecule has 116 valence electrons. The summed E-state index contributed by atoms with van der Waals surface area (Å²) in [4.78, 5) is 11.4. The topological polar surface area (TPSA) is 61.4 Å². The molecule has 1 aliphatic carbocycles. The lowest BCUT2D eigenvalue weighted by molar-refractivity contribution is -0.140. The van der Waals surface area contributed by atoms with E-state index in [1.165, 1.54) is 32.1 Å². The van der Waals surface area contributed by atoms with Crippen LogP contribution in [-0.2, 0) is 4.79 Å². The van der Waals surface area contributed by atoms with Crippen LogP contribution in [-0.4, -0.2) is 35.7 Å². The molecule has 2 rings (SSSR count). The maximum absolute atomic E-state index is 11.4. The van der Waals surface area contributed by atoms with E-state index in [4.69, 9.17) is 0 Å². The molecule has 4 unspecified atom stereocenters. The zero-order valence-corrected chi connectivity index (χ0v) is 12.9. The molecule has 0 aromatic carbocycles. The van der Waals surface area contributed by atoms with Gasteiger partial charge in [0.05, 0.1) is 0 Å². The Morgan fingerprint density at radius 2 is 2.05 bits per heavy atom. The fraction of sp³-hybridized carbons (Fsp3) is 0.938. The van der Waals surface area contributed by atoms with Crippen molar-refractivity contribution >= 4 is 5.97 Å². The molecular formula is C16H30N2O2. The second-order valence-electron chi connectivity index (χ2n) is 6.94. The van der Waals surface area contributed by atoms with Crippen molar-refractivity contribution in [2.75, 3.05) is 6.54 Å². The smallest absolute Gasteiger partial charge is 0.320 e. The number of aliphatic carboxylic acids is 1. The van der Waals surface area contributed by atoms with E-state index in [0.717, 1.165) is 19.4 Å². The number of carboxylic acid groups (broad SMARTS) is 1. The fourth-order valence-electron chi connectivity index (χ4n) is 3.89. The number of carboxylic acids is 1. The average molecular weight is 282 g/mol. The van der Waals surface area contributed by atoms with E-state index in [1.807, 2.05) is 0 Å². The van der Waals surface area contributed by atoms with Crippen LogP contribution in [0.25, 0.3) is 0 Å². The largest absolute Gasteiger partial charge is 0.480 e. The van der Waals surface area contributed by atoms with E-state index in [-0.39, 0.29) is 6.04 Å². The lowest BCUT2D eigenvalue weighted by Gasteiger charge is -2.34. The third-order valence-corrected chi connectivity index (χ3v) is 4.86. The predicted molar refractivity (Wildman–Crippen MR) is 80.8 cm³/mol. The minimum atomic E-state index is -0.694. The second-order valence-corrected chi connectivity index (χ2v) is 6.94. The lowest BCUT2D eigenvalue weighted by atomic mass is 9.87. The summed E-state index contributed by atoms with van der Waals surface area (Å²) < 4.78 is 0. The molecule has 4 atom stereocenters. The van der Waals surface area contributed by atoms with Crippen molar-refractivity contribution in [3.05, 3.63) is 0 Å². The second kappa shape index (κ2) is 7.41. The first-order chi connectivity index (χ1) is 9.58. The van der Waals surface area contributed by atoms with Crippen LogP contribution in [0.5, 0.6) is 0 Å². The third kappa shape index (κ3) is 4.19. The molecule has 0 spiro atoms. The van der Waals surface area contributed by atoms with Gasteiger partial charge in [0, 0.05) is 12.1 Å². The highest BCUT2D eigenvalue weighted by molar-refractivity contribution is 5.73. The molecule has 1 saturated heterocycles. The Kier molecular flexibility index (Phi) is 5.85. The van der Waals surface area contributed by atoms with Crippen molar-refractivity contribution in [2.45, 2.75) is 76.9 Å². The molecule has 20 heavy (non-hydrogen) atoms. The van der Waals surface area contributed by atoms with Gasteiger partial charge in [-0.1, -0.05) is 26.7 Å². The Hall–Kier alpha value is -0.610. The molecule has 0 aromatic heterocycles. The first-order valence-electron chi connectivity index (χ1n) is 8.30. The van der Waals surface area contributed by atoms with Gasteiger partial charge in [-0.05, 0) is 50.5 Å². The summed E-state index contributed by atoms with van der Waals surface area (Å²) in [6.07, 6.45) is 8.17. The van der Waals surface area contributed by atoms with Gasteiger partial charge in [0.25, 0.3) is 0 Å². The van der Waals surface area contributed by atoms with E-state index in [2.05, 4.69) is 24.5 Å². The van der Waals surface area contributed by atoms with Gasteiger partial charge in [0.15, 0.2) is 0 Å². The highest BCUT2D eigenvalue weighted by Gasteiger charge is 2.36. The van der Waals surface area contributed by atoms with Crippen molar-refractivity contribution in [1.29, 1.82) is 0 Å². The molecule has 4 heteroatoms. The summed E-state index contributed by atoms with van der Waals surface area (Å²) >= 11 is 0. The van der Waals surface area contributed by atoms with Gasteiger partial charge < -0.3 is 15.7 Å². The molecule has 1 saturated carbocycles. The third-order valence-electron chi connectivity index (χ3n) is 4.86. The minimum Gasteiger partial charge on any atom is -0.480 e. The van der Waals surface area contributed by atoms with Crippen molar-refractivity contribution in [2.24, 2.45) is 11.8 Å². The Morgan fingerprint density at radius 1 is 1.25 bits per heavy atom. The van der Waals surface area contributed by atoms with Gasteiger partial charge in [-0.3, -0.25) is 4.79 Å². The Bertz CT molecular complexity index is 314. The first kappa shape index (κ1) is 15.8. The average Bonchev–Trinajstić information content (AvgIpc) is 2.86. The summed E-state index contributed by atoms with van der Waals surface area (Å²) in [7, 11) is 0. The van der Waals surface area contributed by atoms with Gasteiger partial charge in [0.2, 0.25) is 0 Å². The van der Waals surface area contributed by atoms with Crippen molar-refractivity contribution in [3.8, 4) is 0 Å². The normalized spacial score (nSPS) is 32.5. The molecule has 1 heterocycles. The molecule has 0 amide bonds. The lowest BCUT2D eigenvalue weighted by Crippen LogP contribution is -2.51. The van der Waals surface area contributed by atoms with Crippen LogP contribution in [0.4, 0.5) is 0 Å². The van der Waals surface area contributed by atoms with Gasteiger partial charge in [0.1, 0.15) is 6.04 Å². The minimum absolute atomic E-state index is 0.380. The van der Waals surface area contributed by atoms with E-state index >= 15 is 0 Å². The molecule has 2 fully saturated rings. The highest BCUT2D eigenvalue weighted by Crippen LogP contribution is 2.32. The van der Waals surface area contributed by atoms with Gasteiger partial charge >= 0.3 is 5.97 Å². The van der Waals surface area contributed by atoms with Crippen LogP contribution in [0.2, 0.25) is 0 Å².